The normalized spacial score (nSPS) is 22.1. The van der Waals surface area contributed by atoms with E-state index in [4.69, 9.17) is 16.3 Å². The molecule has 0 amide bonds. The first-order valence-corrected chi connectivity index (χ1v) is 11.3. The van der Waals surface area contributed by atoms with Crippen LogP contribution in [-0.4, -0.2) is 63.2 Å². The third-order valence-electron chi connectivity index (χ3n) is 6.15. The molecular formula is C22H25ClFN7O. The molecule has 0 unspecified atom stereocenters. The number of hydrogen-bond donors (Lipinski definition) is 2. The Kier molecular flexibility index (Phi) is 6.29. The van der Waals surface area contributed by atoms with Gasteiger partial charge in [0.1, 0.15) is 23.2 Å². The van der Waals surface area contributed by atoms with Gasteiger partial charge in [-0.15, -0.1) is 0 Å². The third kappa shape index (κ3) is 4.74. The zero-order valence-electron chi connectivity index (χ0n) is 17.6. The van der Waals surface area contributed by atoms with Crippen LogP contribution >= 0.6 is 11.6 Å². The first-order chi connectivity index (χ1) is 15.7. The minimum absolute atomic E-state index is 0.0398. The number of ether oxygens (including phenoxy) is 1. The summed E-state index contributed by atoms with van der Waals surface area (Å²) in [5, 5.41) is 6.68. The van der Waals surface area contributed by atoms with Crippen molar-refractivity contribution < 1.29 is 9.13 Å². The van der Waals surface area contributed by atoms with E-state index in [1.54, 1.807) is 12.3 Å². The Hall–Kier alpha value is -2.62. The molecule has 0 spiro atoms. The summed E-state index contributed by atoms with van der Waals surface area (Å²) < 4.78 is 18.9. The van der Waals surface area contributed by atoms with E-state index in [-0.39, 0.29) is 5.02 Å². The minimum Gasteiger partial charge on any atom is -0.379 e. The molecule has 5 rings (SSSR count). The molecule has 3 heterocycles. The summed E-state index contributed by atoms with van der Waals surface area (Å²) >= 11 is 5.90. The number of benzene rings is 1. The summed E-state index contributed by atoms with van der Waals surface area (Å²) in [5.74, 6) is 0.600. The van der Waals surface area contributed by atoms with Crippen molar-refractivity contribution in [2.75, 3.05) is 36.9 Å². The summed E-state index contributed by atoms with van der Waals surface area (Å²) in [7, 11) is 0. The molecular weight excluding hydrogens is 433 g/mol. The Morgan fingerprint density at radius 1 is 1.06 bits per heavy atom. The largest absolute Gasteiger partial charge is 0.379 e. The molecule has 0 bridgehead atoms. The molecule has 3 aromatic rings. The van der Waals surface area contributed by atoms with Crippen molar-refractivity contribution >= 4 is 40.1 Å². The molecule has 1 saturated carbocycles. The third-order valence-corrected chi connectivity index (χ3v) is 6.44. The van der Waals surface area contributed by atoms with Crippen molar-refractivity contribution in [1.82, 2.24) is 24.8 Å². The van der Waals surface area contributed by atoms with Crippen LogP contribution in [0.2, 0.25) is 5.02 Å². The van der Waals surface area contributed by atoms with Crippen molar-refractivity contribution in [3.63, 3.8) is 0 Å². The molecule has 10 heteroatoms. The topological polar surface area (TPSA) is 88.1 Å². The lowest BCUT2D eigenvalue weighted by Crippen LogP contribution is -2.46. The number of aromatic nitrogens is 4. The highest BCUT2D eigenvalue weighted by Gasteiger charge is 2.27. The highest BCUT2D eigenvalue weighted by molar-refractivity contribution is 6.31. The van der Waals surface area contributed by atoms with Crippen LogP contribution in [0, 0.1) is 5.82 Å². The molecule has 1 aliphatic carbocycles. The van der Waals surface area contributed by atoms with Gasteiger partial charge >= 0.3 is 0 Å². The van der Waals surface area contributed by atoms with Gasteiger partial charge < -0.3 is 15.4 Å². The SMILES string of the molecule is Fc1ccc(Nc2ncnc3cnc(NC4CCC(N5CCOCC5)CC4)nc23)cc1Cl. The number of halogens is 2. The maximum atomic E-state index is 13.5. The van der Waals surface area contributed by atoms with E-state index >= 15 is 0 Å². The predicted molar refractivity (Wildman–Crippen MR) is 122 cm³/mol. The Balaban J connectivity index is 1.28. The predicted octanol–water partition coefficient (Wildman–Crippen LogP) is 4.01. The van der Waals surface area contributed by atoms with E-state index in [0.29, 0.717) is 40.6 Å². The van der Waals surface area contributed by atoms with Crippen LogP contribution in [0.25, 0.3) is 11.0 Å². The standard InChI is InChI=1S/C22H25ClFN7O/c23-17-11-15(3-6-18(17)24)28-21-20-19(26-13-27-21)12-25-22(30-20)29-14-1-4-16(5-2-14)31-7-9-32-10-8-31/h3,6,11-14,16H,1-2,4-5,7-10H2,(H,25,29,30)(H,26,27,28). The summed E-state index contributed by atoms with van der Waals surface area (Å²) in [6, 6.07) is 5.40. The fraction of sp³-hybridized carbons (Fsp3) is 0.455. The zero-order chi connectivity index (χ0) is 21.9. The number of nitrogens with zero attached hydrogens (tertiary/aromatic N) is 5. The second kappa shape index (κ2) is 9.48. The number of rotatable bonds is 5. The maximum Gasteiger partial charge on any atom is 0.223 e. The van der Waals surface area contributed by atoms with Gasteiger partial charge in [0.05, 0.1) is 24.4 Å². The average molecular weight is 458 g/mol. The number of hydrogen-bond acceptors (Lipinski definition) is 8. The fourth-order valence-electron chi connectivity index (χ4n) is 4.44. The van der Waals surface area contributed by atoms with Crippen molar-refractivity contribution in [2.24, 2.45) is 0 Å². The van der Waals surface area contributed by atoms with E-state index in [2.05, 4.69) is 35.5 Å². The molecule has 8 nitrogen and oxygen atoms in total. The second-order valence-electron chi connectivity index (χ2n) is 8.20. The zero-order valence-corrected chi connectivity index (χ0v) is 18.4. The molecule has 32 heavy (non-hydrogen) atoms. The van der Waals surface area contributed by atoms with Crippen LogP contribution in [0.3, 0.4) is 0 Å². The van der Waals surface area contributed by atoms with Crippen molar-refractivity contribution in [3.05, 3.63) is 41.6 Å². The Morgan fingerprint density at radius 3 is 2.66 bits per heavy atom. The number of anilines is 3. The molecule has 0 radical (unpaired) electrons. The average Bonchev–Trinajstić information content (AvgIpc) is 2.83. The van der Waals surface area contributed by atoms with Crippen LogP contribution in [0.4, 0.5) is 21.8 Å². The lowest BCUT2D eigenvalue weighted by molar-refractivity contribution is 0.00790. The molecule has 168 valence electrons. The van der Waals surface area contributed by atoms with Gasteiger partial charge in [0.2, 0.25) is 5.95 Å². The maximum absolute atomic E-state index is 13.5. The highest BCUT2D eigenvalue weighted by Crippen LogP contribution is 2.28. The van der Waals surface area contributed by atoms with Gasteiger partial charge in [-0.1, -0.05) is 11.6 Å². The molecule has 2 N–H and O–H groups in total. The van der Waals surface area contributed by atoms with E-state index in [0.717, 1.165) is 52.0 Å². The first-order valence-electron chi connectivity index (χ1n) is 10.9. The van der Waals surface area contributed by atoms with Gasteiger partial charge in [0.25, 0.3) is 0 Å². The van der Waals surface area contributed by atoms with Crippen LogP contribution in [0.1, 0.15) is 25.7 Å². The second-order valence-corrected chi connectivity index (χ2v) is 8.61. The van der Waals surface area contributed by atoms with Gasteiger partial charge in [0.15, 0.2) is 5.82 Å². The molecule has 1 saturated heterocycles. The van der Waals surface area contributed by atoms with Gasteiger partial charge in [-0.2, -0.15) is 0 Å². The molecule has 2 aliphatic rings. The van der Waals surface area contributed by atoms with Crippen LogP contribution in [-0.2, 0) is 4.74 Å². The molecule has 2 fully saturated rings. The molecule has 0 atom stereocenters. The van der Waals surface area contributed by atoms with Crippen molar-refractivity contribution in [3.8, 4) is 0 Å². The Labute approximate surface area is 190 Å². The van der Waals surface area contributed by atoms with E-state index < -0.39 is 5.82 Å². The smallest absolute Gasteiger partial charge is 0.223 e. The monoisotopic (exact) mass is 457 g/mol. The summed E-state index contributed by atoms with van der Waals surface area (Å²) in [5.41, 5.74) is 1.83. The van der Waals surface area contributed by atoms with Gasteiger partial charge in [-0.3, -0.25) is 4.90 Å². The van der Waals surface area contributed by atoms with Gasteiger partial charge in [-0.05, 0) is 43.9 Å². The highest BCUT2D eigenvalue weighted by atomic mass is 35.5. The lowest BCUT2D eigenvalue weighted by Gasteiger charge is -2.38. The van der Waals surface area contributed by atoms with Gasteiger partial charge in [-0.25, -0.2) is 24.3 Å². The van der Waals surface area contributed by atoms with Crippen LogP contribution < -0.4 is 10.6 Å². The molecule has 2 aromatic heterocycles. The van der Waals surface area contributed by atoms with Crippen molar-refractivity contribution in [2.45, 2.75) is 37.8 Å². The van der Waals surface area contributed by atoms with Crippen LogP contribution in [0.5, 0.6) is 0 Å². The van der Waals surface area contributed by atoms with E-state index in [1.165, 1.54) is 18.5 Å². The summed E-state index contributed by atoms with van der Waals surface area (Å²) in [4.78, 5) is 20.2. The number of morpholine rings is 1. The summed E-state index contributed by atoms with van der Waals surface area (Å²) in [6.45, 7) is 3.74. The number of nitrogens with one attached hydrogen (secondary N) is 2. The fourth-order valence-corrected chi connectivity index (χ4v) is 4.62. The van der Waals surface area contributed by atoms with E-state index in [1.807, 2.05) is 0 Å². The van der Waals surface area contributed by atoms with Crippen molar-refractivity contribution in [1.29, 1.82) is 0 Å². The lowest BCUT2D eigenvalue weighted by atomic mass is 9.90. The minimum atomic E-state index is -0.470. The van der Waals surface area contributed by atoms with Crippen LogP contribution in [0.15, 0.2) is 30.7 Å². The molecule has 1 aliphatic heterocycles. The molecule has 1 aromatic carbocycles. The van der Waals surface area contributed by atoms with Gasteiger partial charge in [0, 0.05) is 30.9 Å². The summed E-state index contributed by atoms with van der Waals surface area (Å²) in [6.07, 6.45) is 7.61. The first kappa shape index (κ1) is 21.2. The Bertz CT molecular complexity index is 1090. The Morgan fingerprint density at radius 2 is 1.88 bits per heavy atom. The quantitative estimate of drug-likeness (QED) is 0.594. The van der Waals surface area contributed by atoms with E-state index in [9.17, 15) is 4.39 Å². The number of fused-ring (bicyclic) bond motifs is 1.